The van der Waals surface area contributed by atoms with Gasteiger partial charge in [0.05, 0.1) is 17.4 Å². The molecule has 12 heteroatoms. The first kappa shape index (κ1) is 23.8. The molecule has 0 bridgehead atoms. The summed E-state index contributed by atoms with van der Waals surface area (Å²) in [5, 5.41) is 2.03. The molecule has 0 aliphatic carbocycles. The molecular weight excluding hydrogens is 455 g/mol. The summed E-state index contributed by atoms with van der Waals surface area (Å²) in [5.41, 5.74) is -1.15. The van der Waals surface area contributed by atoms with Crippen LogP contribution in [0.5, 0.6) is 0 Å². The van der Waals surface area contributed by atoms with Gasteiger partial charge in [0, 0.05) is 43.7 Å². The molecule has 4 heterocycles. The number of pyridine rings is 1. The zero-order valence-corrected chi connectivity index (χ0v) is 19.1. The number of amides is 4. The normalized spacial score (nSPS) is 18.4. The SMILES string of the molecule is CC(C)(C)OC(=O)N1CCC(n2cc(C(F)(F)F)c3cc(N4CCC(=O)NC4=O)cnc32)CC1. The lowest BCUT2D eigenvalue weighted by Crippen LogP contribution is -2.49. The van der Waals surface area contributed by atoms with Crippen molar-refractivity contribution in [2.75, 3.05) is 24.5 Å². The largest absolute Gasteiger partial charge is 0.444 e. The molecule has 4 amide bonds. The quantitative estimate of drug-likeness (QED) is 0.698. The summed E-state index contributed by atoms with van der Waals surface area (Å²) in [4.78, 5) is 42.9. The second-order valence-corrected chi connectivity index (χ2v) is 9.47. The van der Waals surface area contributed by atoms with E-state index in [1.807, 2.05) is 0 Å². The van der Waals surface area contributed by atoms with E-state index in [0.29, 0.717) is 25.9 Å². The van der Waals surface area contributed by atoms with Gasteiger partial charge in [0.1, 0.15) is 11.2 Å². The number of nitrogens with one attached hydrogen (secondary N) is 1. The van der Waals surface area contributed by atoms with Gasteiger partial charge in [0.15, 0.2) is 0 Å². The summed E-state index contributed by atoms with van der Waals surface area (Å²) in [6.07, 6.45) is -1.74. The topological polar surface area (TPSA) is 96.8 Å². The molecule has 0 radical (unpaired) electrons. The monoisotopic (exact) mass is 481 g/mol. The van der Waals surface area contributed by atoms with Gasteiger partial charge in [0.25, 0.3) is 0 Å². The predicted molar refractivity (Wildman–Crippen MR) is 116 cm³/mol. The Balaban J connectivity index is 1.61. The maximum absolute atomic E-state index is 13.9. The molecule has 2 aromatic rings. The Kier molecular flexibility index (Phi) is 5.94. The maximum atomic E-state index is 13.9. The van der Waals surface area contributed by atoms with Crippen LogP contribution in [-0.2, 0) is 15.7 Å². The maximum Gasteiger partial charge on any atom is 0.418 e. The second kappa shape index (κ2) is 8.48. The molecule has 0 aromatic carbocycles. The number of carbonyl (C=O) groups excluding carboxylic acids is 3. The van der Waals surface area contributed by atoms with Crippen molar-refractivity contribution in [1.29, 1.82) is 0 Å². The number of nitrogens with zero attached hydrogens (tertiary/aromatic N) is 4. The van der Waals surface area contributed by atoms with E-state index in [-0.39, 0.29) is 35.7 Å². The molecule has 4 rings (SSSR count). The zero-order chi connectivity index (χ0) is 24.8. The second-order valence-electron chi connectivity index (χ2n) is 9.47. The number of ether oxygens (including phenoxy) is 1. The van der Waals surface area contributed by atoms with E-state index >= 15 is 0 Å². The number of fused-ring (bicyclic) bond motifs is 1. The van der Waals surface area contributed by atoms with Gasteiger partial charge in [-0.25, -0.2) is 14.6 Å². The van der Waals surface area contributed by atoms with Gasteiger partial charge in [-0.1, -0.05) is 0 Å². The number of hydrogen-bond acceptors (Lipinski definition) is 5. The molecule has 0 unspecified atom stereocenters. The number of alkyl halides is 3. The minimum Gasteiger partial charge on any atom is -0.444 e. The summed E-state index contributed by atoms with van der Waals surface area (Å²) in [6.45, 7) is 6.07. The Morgan fingerprint density at radius 3 is 2.41 bits per heavy atom. The van der Waals surface area contributed by atoms with Crippen LogP contribution < -0.4 is 10.2 Å². The molecule has 34 heavy (non-hydrogen) atoms. The molecule has 2 aliphatic heterocycles. The Morgan fingerprint density at radius 2 is 1.82 bits per heavy atom. The molecular formula is C22H26F3N5O4. The van der Waals surface area contributed by atoms with Crippen LogP contribution in [0.1, 0.15) is 51.6 Å². The summed E-state index contributed by atoms with van der Waals surface area (Å²) in [7, 11) is 0. The van der Waals surface area contributed by atoms with Gasteiger partial charge in [-0.05, 0) is 39.7 Å². The van der Waals surface area contributed by atoms with Crippen molar-refractivity contribution >= 4 is 34.8 Å². The number of piperidine rings is 1. The lowest BCUT2D eigenvalue weighted by molar-refractivity contribution is -0.136. The third kappa shape index (κ3) is 4.80. The summed E-state index contributed by atoms with van der Waals surface area (Å²) in [6, 6.07) is 0.304. The molecule has 2 aliphatic rings. The number of rotatable bonds is 2. The van der Waals surface area contributed by atoms with Crippen LogP contribution in [0.15, 0.2) is 18.5 Å². The first-order chi connectivity index (χ1) is 15.8. The first-order valence-corrected chi connectivity index (χ1v) is 11.0. The van der Waals surface area contributed by atoms with Gasteiger partial charge in [-0.2, -0.15) is 13.2 Å². The van der Waals surface area contributed by atoms with Crippen LogP contribution in [0.2, 0.25) is 0 Å². The molecule has 0 atom stereocenters. The number of anilines is 1. The summed E-state index contributed by atoms with van der Waals surface area (Å²) in [5.74, 6) is -0.435. The highest BCUT2D eigenvalue weighted by Gasteiger charge is 2.37. The Hall–Kier alpha value is -3.31. The van der Waals surface area contributed by atoms with Crippen molar-refractivity contribution < 1.29 is 32.3 Å². The van der Waals surface area contributed by atoms with Gasteiger partial charge in [-0.15, -0.1) is 0 Å². The van der Waals surface area contributed by atoms with E-state index in [4.69, 9.17) is 4.74 Å². The zero-order valence-electron chi connectivity index (χ0n) is 19.1. The molecule has 0 saturated carbocycles. The van der Waals surface area contributed by atoms with Crippen LogP contribution in [-0.4, -0.2) is 57.7 Å². The molecule has 2 aromatic heterocycles. The fourth-order valence-corrected chi connectivity index (χ4v) is 4.24. The Bertz CT molecular complexity index is 1130. The van der Waals surface area contributed by atoms with Gasteiger partial charge in [0.2, 0.25) is 5.91 Å². The van der Waals surface area contributed by atoms with E-state index in [0.717, 1.165) is 6.20 Å². The molecule has 184 valence electrons. The first-order valence-electron chi connectivity index (χ1n) is 11.0. The third-order valence-corrected chi connectivity index (χ3v) is 5.84. The van der Waals surface area contributed by atoms with Crippen molar-refractivity contribution in [3.05, 3.63) is 24.0 Å². The molecule has 1 N–H and O–H groups in total. The fourth-order valence-electron chi connectivity index (χ4n) is 4.24. The highest BCUT2D eigenvalue weighted by atomic mass is 19.4. The Morgan fingerprint density at radius 1 is 1.15 bits per heavy atom. The smallest absolute Gasteiger partial charge is 0.418 e. The van der Waals surface area contributed by atoms with E-state index in [2.05, 4.69) is 10.3 Å². The summed E-state index contributed by atoms with van der Waals surface area (Å²) >= 11 is 0. The lowest BCUT2D eigenvalue weighted by Gasteiger charge is -2.34. The van der Waals surface area contributed by atoms with Crippen molar-refractivity contribution in [2.45, 2.75) is 57.9 Å². The fraction of sp³-hybridized carbons (Fsp3) is 0.545. The van der Waals surface area contributed by atoms with Crippen molar-refractivity contribution in [2.24, 2.45) is 0 Å². The van der Waals surface area contributed by atoms with E-state index in [9.17, 15) is 27.6 Å². The van der Waals surface area contributed by atoms with Gasteiger partial charge >= 0.3 is 18.3 Å². The van der Waals surface area contributed by atoms with Crippen LogP contribution in [0.4, 0.5) is 28.4 Å². The van der Waals surface area contributed by atoms with Gasteiger partial charge in [-0.3, -0.25) is 15.0 Å². The van der Waals surface area contributed by atoms with Gasteiger partial charge < -0.3 is 14.2 Å². The highest BCUT2D eigenvalue weighted by molar-refractivity contribution is 6.06. The molecule has 2 saturated heterocycles. The Labute approximate surface area is 193 Å². The van der Waals surface area contributed by atoms with Crippen molar-refractivity contribution in [3.63, 3.8) is 0 Å². The van der Waals surface area contributed by atoms with Crippen LogP contribution >= 0.6 is 0 Å². The lowest BCUT2D eigenvalue weighted by atomic mass is 10.1. The van der Waals surface area contributed by atoms with Crippen molar-refractivity contribution in [3.8, 4) is 0 Å². The van der Waals surface area contributed by atoms with Crippen LogP contribution in [0, 0.1) is 0 Å². The number of hydrogen-bond donors (Lipinski definition) is 1. The van der Waals surface area contributed by atoms with E-state index < -0.39 is 35.4 Å². The summed E-state index contributed by atoms with van der Waals surface area (Å²) < 4.78 is 48.5. The molecule has 2 fully saturated rings. The number of carbonyl (C=O) groups is 3. The highest BCUT2D eigenvalue weighted by Crippen LogP contribution is 2.39. The number of halogens is 3. The molecule has 9 nitrogen and oxygen atoms in total. The minimum absolute atomic E-state index is 0.0487. The number of aromatic nitrogens is 2. The van der Waals surface area contributed by atoms with Crippen LogP contribution in [0.3, 0.4) is 0 Å². The average Bonchev–Trinajstić information content (AvgIpc) is 3.12. The third-order valence-electron chi connectivity index (χ3n) is 5.84. The minimum atomic E-state index is -4.62. The standard InChI is InChI=1S/C22H26F3N5O4/c1-21(2,3)34-20(33)28-7-4-13(5-8-28)30-12-16(22(23,24)25)15-10-14(11-26-18(15)30)29-9-6-17(31)27-19(29)32/h10-13H,4-9H2,1-3H3,(H,27,31,32). The number of urea groups is 1. The molecule has 0 spiro atoms. The predicted octanol–water partition coefficient (Wildman–Crippen LogP) is 4.07. The van der Waals surface area contributed by atoms with E-state index in [1.54, 1.807) is 25.7 Å². The number of likely N-dealkylation sites (tertiary alicyclic amines) is 1. The van der Waals surface area contributed by atoms with Crippen LogP contribution in [0.25, 0.3) is 11.0 Å². The van der Waals surface area contributed by atoms with E-state index in [1.165, 1.54) is 21.7 Å². The van der Waals surface area contributed by atoms with Crippen molar-refractivity contribution in [1.82, 2.24) is 19.8 Å². The average molecular weight is 481 g/mol. The number of imide groups is 1.